The van der Waals surface area contributed by atoms with Gasteiger partial charge in [-0.1, -0.05) is 27.2 Å². The van der Waals surface area contributed by atoms with Gasteiger partial charge in [0.15, 0.2) is 0 Å². The van der Waals surface area contributed by atoms with Gasteiger partial charge in [-0.2, -0.15) is 5.10 Å². The molecule has 6 heteroatoms. The van der Waals surface area contributed by atoms with E-state index in [0.717, 1.165) is 56.5 Å². The number of piperidine rings is 1. The lowest BCUT2D eigenvalue weighted by Crippen LogP contribution is -2.49. The number of nitrogens with zero attached hydrogens (tertiary/aromatic N) is 2. The van der Waals surface area contributed by atoms with Gasteiger partial charge < -0.3 is 5.32 Å². The highest BCUT2D eigenvalue weighted by atomic mass is 16.2. The Kier molecular flexibility index (Phi) is 6.33. The minimum atomic E-state index is -0.199. The summed E-state index contributed by atoms with van der Waals surface area (Å²) in [6, 6.07) is -0.0645. The average Bonchev–Trinajstić information content (AvgIpc) is 2.59. The number of hydrogen-bond donors (Lipinski definition) is 2. The number of amides is 1. The lowest BCUT2D eigenvalue weighted by molar-refractivity contribution is -0.127. The fraction of sp³-hybridized carbons (Fsp3) is 0.706. The normalized spacial score (nSPS) is 18.8. The Morgan fingerprint density at radius 1 is 1.26 bits per heavy atom. The number of hydrogen-bond acceptors (Lipinski definition) is 4. The van der Waals surface area contributed by atoms with E-state index in [-0.39, 0.29) is 24.1 Å². The first kappa shape index (κ1) is 17.7. The number of aryl methyl sites for hydroxylation is 1. The van der Waals surface area contributed by atoms with Gasteiger partial charge >= 0.3 is 0 Å². The first-order valence-corrected chi connectivity index (χ1v) is 8.73. The van der Waals surface area contributed by atoms with Crippen molar-refractivity contribution in [2.24, 2.45) is 0 Å². The zero-order chi connectivity index (χ0) is 16.8. The molecule has 0 saturated carbocycles. The highest BCUT2D eigenvalue weighted by Crippen LogP contribution is 2.17. The van der Waals surface area contributed by atoms with Gasteiger partial charge in [0.1, 0.15) is 0 Å². The smallest absolute Gasteiger partial charge is 0.269 e. The lowest BCUT2D eigenvalue weighted by atomic mass is 10.0. The number of likely N-dealkylation sites (tertiary alicyclic amines) is 1. The van der Waals surface area contributed by atoms with Crippen LogP contribution < -0.4 is 10.9 Å². The molecule has 0 aliphatic carbocycles. The Hall–Kier alpha value is -1.69. The Balaban J connectivity index is 2.11. The van der Waals surface area contributed by atoms with Gasteiger partial charge in [0.25, 0.3) is 5.56 Å². The SMILES string of the molecule is CCc1n[nH]c(=O)c(CNC(=O)C2CCCCN2CC)c1CC. The first-order valence-electron chi connectivity index (χ1n) is 8.73. The fourth-order valence-corrected chi connectivity index (χ4v) is 3.42. The van der Waals surface area contributed by atoms with Gasteiger partial charge in [-0.15, -0.1) is 0 Å². The van der Waals surface area contributed by atoms with Crippen LogP contribution in [0.5, 0.6) is 0 Å². The van der Waals surface area contributed by atoms with Crippen LogP contribution in [0.25, 0.3) is 0 Å². The second-order valence-electron chi connectivity index (χ2n) is 6.02. The molecule has 1 fully saturated rings. The van der Waals surface area contributed by atoms with E-state index in [4.69, 9.17) is 0 Å². The Bertz CT molecular complexity index is 597. The number of carbonyl (C=O) groups excluding carboxylic acids is 1. The molecule has 1 aliphatic rings. The molecule has 23 heavy (non-hydrogen) atoms. The number of aromatic amines is 1. The molecule has 0 radical (unpaired) electrons. The van der Waals surface area contributed by atoms with Crippen LogP contribution in [0.2, 0.25) is 0 Å². The van der Waals surface area contributed by atoms with E-state index in [0.29, 0.717) is 5.56 Å². The van der Waals surface area contributed by atoms with Crippen molar-refractivity contribution in [1.82, 2.24) is 20.4 Å². The van der Waals surface area contributed by atoms with Crippen LogP contribution in [0.15, 0.2) is 4.79 Å². The minimum Gasteiger partial charge on any atom is -0.350 e. The third-order valence-corrected chi connectivity index (χ3v) is 4.73. The van der Waals surface area contributed by atoms with Crippen LogP contribution in [-0.2, 0) is 24.2 Å². The van der Waals surface area contributed by atoms with Gasteiger partial charge in [0.2, 0.25) is 5.91 Å². The van der Waals surface area contributed by atoms with Crippen molar-refractivity contribution in [1.29, 1.82) is 0 Å². The Morgan fingerprint density at radius 3 is 2.70 bits per heavy atom. The average molecular weight is 320 g/mol. The van der Waals surface area contributed by atoms with Crippen LogP contribution in [0, 0.1) is 0 Å². The number of carbonyl (C=O) groups is 1. The Labute approximate surface area is 137 Å². The van der Waals surface area contributed by atoms with Crippen molar-refractivity contribution in [3.8, 4) is 0 Å². The van der Waals surface area contributed by atoms with Gasteiger partial charge in [-0.25, -0.2) is 5.10 Å². The number of H-pyrrole nitrogens is 1. The number of nitrogens with one attached hydrogen (secondary N) is 2. The minimum absolute atomic E-state index is 0.0304. The van der Waals surface area contributed by atoms with Gasteiger partial charge in [0.05, 0.1) is 11.7 Å². The summed E-state index contributed by atoms with van der Waals surface area (Å²) in [5.74, 6) is 0.0304. The summed E-state index contributed by atoms with van der Waals surface area (Å²) in [7, 11) is 0. The first-order chi connectivity index (χ1) is 11.1. The molecular formula is C17H28N4O2. The lowest BCUT2D eigenvalue weighted by Gasteiger charge is -2.33. The maximum atomic E-state index is 12.5. The summed E-state index contributed by atoms with van der Waals surface area (Å²) >= 11 is 0. The van der Waals surface area contributed by atoms with Crippen molar-refractivity contribution < 1.29 is 4.79 Å². The van der Waals surface area contributed by atoms with Crippen molar-refractivity contribution >= 4 is 5.91 Å². The van der Waals surface area contributed by atoms with E-state index >= 15 is 0 Å². The van der Waals surface area contributed by atoms with Gasteiger partial charge in [-0.3, -0.25) is 14.5 Å². The van der Waals surface area contributed by atoms with Crippen LogP contribution in [0.4, 0.5) is 0 Å². The topological polar surface area (TPSA) is 78.1 Å². The third-order valence-electron chi connectivity index (χ3n) is 4.73. The van der Waals surface area contributed by atoms with Gasteiger partial charge in [0, 0.05) is 12.1 Å². The van der Waals surface area contributed by atoms with Crippen LogP contribution >= 0.6 is 0 Å². The molecule has 1 saturated heterocycles. The maximum absolute atomic E-state index is 12.5. The molecule has 2 N–H and O–H groups in total. The molecule has 1 atom stereocenters. The molecule has 1 aromatic heterocycles. The van der Waals surface area contributed by atoms with E-state index in [1.165, 1.54) is 0 Å². The largest absolute Gasteiger partial charge is 0.350 e. The summed E-state index contributed by atoms with van der Waals surface area (Å²) < 4.78 is 0. The number of likely N-dealkylation sites (N-methyl/N-ethyl adjacent to an activating group) is 1. The van der Waals surface area contributed by atoms with E-state index in [2.05, 4.69) is 27.3 Å². The van der Waals surface area contributed by atoms with Gasteiger partial charge in [-0.05, 0) is 44.3 Å². The molecule has 128 valence electrons. The standard InChI is InChI=1S/C17H28N4O2/c1-4-12-13(16(22)20-19-14(12)5-2)11-18-17(23)15-9-7-8-10-21(15)6-3/h15H,4-11H2,1-3H3,(H,18,23)(H,20,22). The summed E-state index contributed by atoms with van der Waals surface area (Å²) in [6.07, 6.45) is 4.66. The summed E-state index contributed by atoms with van der Waals surface area (Å²) in [6.45, 7) is 8.26. The highest BCUT2D eigenvalue weighted by Gasteiger charge is 2.27. The number of rotatable bonds is 6. The summed E-state index contributed by atoms with van der Waals surface area (Å²) in [5, 5.41) is 9.63. The molecule has 1 aromatic rings. The number of aromatic nitrogens is 2. The molecule has 0 aromatic carbocycles. The molecule has 1 unspecified atom stereocenters. The molecule has 6 nitrogen and oxygen atoms in total. The zero-order valence-corrected chi connectivity index (χ0v) is 14.4. The van der Waals surface area contributed by atoms with Crippen molar-refractivity contribution in [2.45, 2.75) is 65.5 Å². The zero-order valence-electron chi connectivity index (χ0n) is 14.4. The molecular weight excluding hydrogens is 292 g/mol. The predicted octanol–water partition coefficient (Wildman–Crippen LogP) is 1.39. The molecule has 2 heterocycles. The van der Waals surface area contributed by atoms with Crippen LogP contribution in [0.1, 0.15) is 56.9 Å². The molecule has 1 aliphatic heterocycles. The van der Waals surface area contributed by atoms with E-state index in [9.17, 15) is 9.59 Å². The fourth-order valence-electron chi connectivity index (χ4n) is 3.42. The Morgan fingerprint density at radius 2 is 2.04 bits per heavy atom. The third kappa shape index (κ3) is 3.99. The highest BCUT2D eigenvalue weighted by molar-refractivity contribution is 5.81. The summed E-state index contributed by atoms with van der Waals surface area (Å²) in [4.78, 5) is 26.8. The van der Waals surface area contributed by atoms with Crippen LogP contribution in [-0.4, -0.2) is 40.1 Å². The molecule has 2 rings (SSSR count). The molecule has 0 bridgehead atoms. The predicted molar refractivity (Wildman–Crippen MR) is 90.3 cm³/mol. The van der Waals surface area contributed by atoms with Crippen molar-refractivity contribution in [3.05, 3.63) is 27.2 Å². The molecule has 0 spiro atoms. The summed E-state index contributed by atoms with van der Waals surface area (Å²) in [5.41, 5.74) is 2.32. The second kappa shape index (κ2) is 8.24. The van der Waals surface area contributed by atoms with Crippen molar-refractivity contribution in [2.75, 3.05) is 13.1 Å². The second-order valence-corrected chi connectivity index (χ2v) is 6.02. The molecule has 1 amide bonds. The monoisotopic (exact) mass is 320 g/mol. The van der Waals surface area contributed by atoms with Crippen molar-refractivity contribution in [3.63, 3.8) is 0 Å². The van der Waals surface area contributed by atoms with E-state index < -0.39 is 0 Å². The van der Waals surface area contributed by atoms with E-state index in [1.807, 2.05) is 13.8 Å². The quantitative estimate of drug-likeness (QED) is 0.830. The van der Waals surface area contributed by atoms with E-state index in [1.54, 1.807) is 0 Å². The van der Waals surface area contributed by atoms with Crippen LogP contribution in [0.3, 0.4) is 0 Å². The maximum Gasteiger partial charge on any atom is 0.269 e.